The number of nitrogens with zero attached hydrogens (tertiary/aromatic N) is 4. The molecule has 25 heavy (non-hydrogen) atoms. The molecule has 0 saturated carbocycles. The molecule has 0 atom stereocenters. The summed E-state index contributed by atoms with van der Waals surface area (Å²) in [6.45, 7) is 13.1. The Morgan fingerprint density at radius 3 is 2.52 bits per heavy atom. The Labute approximate surface area is 152 Å². The van der Waals surface area contributed by atoms with Crippen LogP contribution in [0.4, 0.5) is 0 Å². The highest BCUT2D eigenvalue weighted by molar-refractivity contribution is 7.12. The Morgan fingerprint density at radius 2 is 1.96 bits per heavy atom. The quantitative estimate of drug-likeness (QED) is 0.841. The number of hydrogen-bond donors (Lipinski definition) is 0. The topological polar surface area (TPSA) is 60.3 Å². The molecule has 0 bridgehead atoms. The molecule has 0 unspecified atom stereocenters. The van der Waals surface area contributed by atoms with E-state index in [0.717, 1.165) is 16.5 Å². The lowest BCUT2D eigenvalue weighted by molar-refractivity contribution is 0.0302. The zero-order chi connectivity index (χ0) is 18.2. The number of carbonyl (C=O) groups excluding carboxylic acids is 1. The molecule has 3 heterocycles. The normalized spacial score (nSPS) is 15.8. The first-order valence-electron chi connectivity index (χ1n) is 8.70. The van der Waals surface area contributed by atoms with Gasteiger partial charge in [-0.15, -0.1) is 11.3 Å². The van der Waals surface area contributed by atoms with E-state index in [4.69, 9.17) is 9.72 Å². The van der Waals surface area contributed by atoms with Crippen molar-refractivity contribution in [2.75, 3.05) is 26.3 Å². The van der Waals surface area contributed by atoms with Crippen molar-refractivity contribution in [1.82, 2.24) is 19.7 Å². The number of hydrogen-bond acceptors (Lipinski definition) is 5. The van der Waals surface area contributed by atoms with Crippen molar-refractivity contribution in [1.29, 1.82) is 0 Å². The van der Waals surface area contributed by atoms with Crippen molar-refractivity contribution in [3.05, 3.63) is 28.5 Å². The van der Waals surface area contributed by atoms with Crippen LogP contribution in [0.25, 0.3) is 5.13 Å². The number of rotatable bonds is 3. The van der Waals surface area contributed by atoms with Gasteiger partial charge in [0.1, 0.15) is 0 Å². The zero-order valence-corrected chi connectivity index (χ0v) is 16.4. The van der Waals surface area contributed by atoms with E-state index in [1.54, 1.807) is 17.5 Å². The molecule has 1 aliphatic heterocycles. The first kappa shape index (κ1) is 18.1. The predicted molar refractivity (Wildman–Crippen MR) is 98.7 cm³/mol. The van der Waals surface area contributed by atoms with Crippen LogP contribution in [0.1, 0.15) is 62.3 Å². The lowest BCUT2D eigenvalue weighted by Crippen LogP contribution is -2.41. The molecule has 0 N–H and O–H groups in total. The molecule has 7 heteroatoms. The summed E-state index contributed by atoms with van der Waals surface area (Å²) < 4.78 is 7.18. The van der Waals surface area contributed by atoms with E-state index in [0.29, 0.717) is 31.9 Å². The van der Waals surface area contributed by atoms with Gasteiger partial charge in [-0.1, -0.05) is 34.6 Å². The van der Waals surface area contributed by atoms with Crippen LogP contribution in [0, 0.1) is 0 Å². The van der Waals surface area contributed by atoms with Crippen LogP contribution in [0.15, 0.2) is 11.6 Å². The third-order valence-corrected chi connectivity index (χ3v) is 5.14. The monoisotopic (exact) mass is 362 g/mol. The fourth-order valence-corrected chi connectivity index (χ4v) is 3.89. The van der Waals surface area contributed by atoms with Gasteiger partial charge in [-0.25, -0.2) is 9.67 Å². The molecule has 1 fully saturated rings. The number of amides is 1. The van der Waals surface area contributed by atoms with Gasteiger partial charge < -0.3 is 9.64 Å². The van der Waals surface area contributed by atoms with Crippen LogP contribution in [0.5, 0.6) is 0 Å². The Kier molecular flexibility index (Phi) is 4.97. The van der Waals surface area contributed by atoms with Gasteiger partial charge >= 0.3 is 0 Å². The third kappa shape index (κ3) is 3.62. The average molecular weight is 362 g/mol. The third-order valence-electron chi connectivity index (χ3n) is 4.32. The number of ether oxygens (including phenoxy) is 1. The molecular weight excluding hydrogens is 336 g/mol. The van der Waals surface area contributed by atoms with E-state index in [9.17, 15) is 4.79 Å². The van der Waals surface area contributed by atoms with E-state index >= 15 is 0 Å². The summed E-state index contributed by atoms with van der Waals surface area (Å²) in [6, 6.07) is 0. The van der Waals surface area contributed by atoms with Crippen LogP contribution in [0.2, 0.25) is 0 Å². The van der Waals surface area contributed by atoms with Crippen molar-refractivity contribution in [2.24, 2.45) is 0 Å². The summed E-state index contributed by atoms with van der Waals surface area (Å²) >= 11 is 1.57. The summed E-state index contributed by atoms with van der Waals surface area (Å²) in [5.41, 5.74) is 2.63. The molecule has 1 amide bonds. The Hall–Kier alpha value is -1.73. The van der Waals surface area contributed by atoms with Gasteiger partial charge in [0, 0.05) is 23.9 Å². The van der Waals surface area contributed by atoms with Crippen LogP contribution < -0.4 is 0 Å². The maximum atomic E-state index is 12.9. The lowest BCUT2D eigenvalue weighted by Gasteiger charge is -2.27. The SMILES string of the molecule is CC(C)c1c(C(=O)N2CCOCC2)cnn1-c1nc(C(C)(C)C)cs1. The second-order valence-electron chi connectivity index (χ2n) is 7.68. The average Bonchev–Trinajstić information content (AvgIpc) is 3.21. The molecule has 2 aromatic rings. The smallest absolute Gasteiger partial charge is 0.257 e. The van der Waals surface area contributed by atoms with E-state index in [1.165, 1.54) is 0 Å². The minimum absolute atomic E-state index is 0.00759. The predicted octanol–water partition coefficient (Wildman–Crippen LogP) is 3.22. The van der Waals surface area contributed by atoms with Gasteiger partial charge in [0.2, 0.25) is 5.13 Å². The molecule has 6 nitrogen and oxygen atoms in total. The van der Waals surface area contributed by atoms with Gasteiger partial charge in [-0.2, -0.15) is 5.10 Å². The van der Waals surface area contributed by atoms with Crippen LogP contribution in [-0.2, 0) is 10.2 Å². The molecule has 0 aromatic carbocycles. The highest BCUT2D eigenvalue weighted by Crippen LogP contribution is 2.29. The standard InChI is InChI=1S/C18H26N4O2S/c1-12(2)15-13(16(23)21-6-8-24-9-7-21)10-19-22(15)17-20-14(11-25-17)18(3,4)5/h10-12H,6-9H2,1-5H3. The summed E-state index contributed by atoms with van der Waals surface area (Å²) in [4.78, 5) is 19.5. The van der Waals surface area contributed by atoms with Crippen LogP contribution in [0.3, 0.4) is 0 Å². The largest absolute Gasteiger partial charge is 0.378 e. The van der Waals surface area contributed by atoms with Gasteiger partial charge in [0.15, 0.2) is 0 Å². The number of aromatic nitrogens is 3. The first-order chi connectivity index (χ1) is 11.8. The van der Waals surface area contributed by atoms with Crippen LogP contribution >= 0.6 is 11.3 Å². The van der Waals surface area contributed by atoms with Gasteiger partial charge in [-0.3, -0.25) is 4.79 Å². The fourth-order valence-electron chi connectivity index (χ4n) is 2.87. The first-order valence-corrected chi connectivity index (χ1v) is 9.58. The molecule has 0 radical (unpaired) electrons. The van der Waals surface area contributed by atoms with E-state index in [2.05, 4.69) is 45.1 Å². The Morgan fingerprint density at radius 1 is 1.28 bits per heavy atom. The highest BCUT2D eigenvalue weighted by atomic mass is 32.1. The zero-order valence-electron chi connectivity index (χ0n) is 15.6. The van der Waals surface area contributed by atoms with Crippen molar-refractivity contribution >= 4 is 17.2 Å². The maximum absolute atomic E-state index is 12.9. The number of morpholine rings is 1. The van der Waals surface area contributed by atoms with Gasteiger partial charge in [-0.05, 0) is 5.92 Å². The van der Waals surface area contributed by atoms with E-state index in [-0.39, 0.29) is 17.2 Å². The molecule has 1 saturated heterocycles. The van der Waals surface area contributed by atoms with Gasteiger partial charge in [0.05, 0.1) is 36.4 Å². The van der Waals surface area contributed by atoms with Crippen molar-refractivity contribution in [2.45, 2.75) is 46.0 Å². The minimum atomic E-state index is -0.00759. The molecular formula is C18H26N4O2S. The maximum Gasteiger partial charge on any atom is 0.257 e. The van der Waals surface area contributed by atoms with Crippen molar-refractivity contribution in [3.8, 4) is 5.13 Å². The number of thiazole rings is 1. The molecule has 136 valence electrons. The van der Waals surface area contributed by atoms with E-state index < -0.39 is 0 Å². The molecule has 0 aliphatic carbocycles. The summed E-state index contributed by atoms with van der Waals surface area (Å²) in [7, 11) is 0. The fraction of sp³-hybridized carbons (Fsp3) is 0.611. The lowest BCUT2D eigenvalue weighted by atomic mass is 9.93. The second kappa shape index (κ2) is 6.88. The highest BCUT2D eigenvalue weighted by Gasteiger charge is 2.27. The molecule has 2 aromatic heterocycles. The minimum Gasteiger partial charge on any atom is -0.378 e. The van der Waals surface area contributed by atoms with Gasteiger partial charge in [0.25, 0.3) is 5.91 Å². The summed E-state index contributed by atoms with van der Waals surface area (Å²) in [5, 5.41) is 7.39. The molecule has 3 rings (SSSR count). The van der Waals surface area contributed by atoms with Crippen molar-refractivity contribution < 1.29 is 9.53 Å². The number of carbonyl (C=O) groups is 1. The summed E-state index contributed by atoms with van der Waals surface area (Å²) in [5.74, 6) is 0.204. The van der Waals surface area contributed by atoms with E-state index in [1.807, 2.05) is 9.58 Å². The Bertz CT molecular complexity index is 751. The van der Waals surface area contributed by atoms with Crippen LogP contribution in [-0.4, -0.2) is 51.9 Å². The Balaban J connectivity index is 1.97. The second-order valence-corrected chi connectivity index (χ2v) is 8.52. The molecule has 1 aliphatic rings. The summed E-state index contributed by atoms with van der Waals surface area (Å²) in [6.07, 6.45) is 1.69. The van der Waals surface area contributed by atoms with Crippen molar-refractivity contribution in [3.63, 3.8) is 0 Å². The molecule has 0 spiro atoms.